The molecule has 0 unspecified atom stereocenters. The van der Waals surface area contributed by atoms with Gasteiger partial charge in [0.15, 0.2) is 0 Å². The van der Waals surface area contributed by atoms with Gasteiger partial charge in [0.2, 0.25) is 0 Å². The zero-order chi connectivity index (χ0) is 16.8. The molecule has 6 nitrogen and oxygen atoms in total. The van der Waals surface area contributed by atoms with E-state index in [1.54, 1.807) is 19.2 Å². The largest absolute Gasteiger partial charge is 0.497 e. The second kappa shape index (κ2) is 7.80. The van der Waals surface area contributed by atoms with Crippen LogP contribution < -0.4 is 10.1 Å². The molecule has 0 bridgehead atoms. The topological polar surface area (TPSA) is 84.6 Å². The van der Waals surface area contributed by atoms with Crippen molar-refractivity contribution in [2.45, 2.75) is 13.0 Å². The Balaban J connectivity index is 2.07. The van der Waals surface area contributed by atoms with Gasteiger partial charge in [0.05, 0.1) is 18.6 Å². The van der Waals surface area contributed by atoms with Crippen LogP contribution in [0.4, 0.5) is 11.4 Å². The third kappa shape index (κ3) is 4.34. The predicted octanol–water partition coefficient (Wildman–Crippen LogP) is 3.40. The number of halogens is 1. The van der Waals surface area contributed by atoms with Crippen LogP contribution in [0.3, 0.4) is 0 Å². The zero-order valence-electron chi connectivity index (χ0n) is 12.6. The number of nitrogens with one attached hydrogen (secondary N) is 1. The number of hydrogen-bond acceptors (Lipinski definition) is 5. The molecule has 0 fully saturated rings. The minimum atomic E-state index is -0.455. The molecule has 2 aromatic carbocycles. The minimum Gasteiger partial charge on any atom is -0.497 e. The molecule has 0 saturated carbocycles. The summed E-state index contributed by atoms with van der Waals surface area (Å²) in [6.45, 7) is 0.304. The molecule has 0 saturated heterocycles. The van der Waals surface area contributed by atoms with E-state index >= 15 is 0 Å². The molecule has 0 amide bonds. The Labute approximate surface area is 138 Å². The number of nitro benzene ring substituents is 1. The molecule has 0 spiro atoms. The van der Waals surface area contributed by atoms with Crippen molar-refractivity contribution in [2.75, 3.05) is 19.0 Å². The van der Waals surface area contributed by atoms with Gasteiger partial charge in [-0.2, -0.15) is 0 Å². The van der Waals surface area contributed by atoms with Gasteiger partial charge < -0.3 is 15.2 Å². The molecular weight excluding hydrogens is 320 g/mol. The SMILES string of the molecule is COc1ccc(CCNc2cc(CO)ccc2[N+](=O)[O-])c(Cl)c1. The molecule has 0 aliphatic rings. The molecule has 7 heteroatoms. The Morgan fingerprint density at radius 3 is 2.70 bits per heavy atom. The first-order valence-corrected chi connectivity index (χ1v) is 7.37. The van der Waals surface area contributed by atoms with Gasteiger partial charge in [0.1, 0.15) is 11.4 Å². The summed E-state index contributed by atoms with van der Waals surface area (Å²) in [4.78, 5) is 10.6. The second-order valence-electron chi connectivity index (χ2n) is 4.90. The van der Waals surface area contributed by atoms with Crippen LogP contribution in [0.5, 0.6) is 5.75 Å². The van der Waals surface area contributed by atoms with E-state index < -0.39 is 4.92 Å². The number of methoxy groups -OCH3 is 1. The smallest absolute Gasteiger partial charge is 0.292 e. The van der Waals surface area contributed by atoms with Gasteiger partial charge in [-0.3, -0.25) is 10.1 Å². The summed E-state index contributed by atoms with van der Waals surface area (Å²) >= 11 is 6.17. The number of ether oxygens (including phenoxy) is 1. The number of aliphatic hydroxyl groups excluding tert-OH is 1. The second-order valence-corrected chi connectivity index (χ2v) is 5.31. The first-order valence-electron chi connectivity index (χ1n) is 6.99. The first-order chi connectivity index (χ1) is 11.0. The van der Waals surface area contributed by atoms with Crippen LogP contribution in [0.15, 0.2) is 36.4 Å². The van der Waals surface area contributed by atoms with Crippen molar-refractivity contribution in [3.63, 3.8) is 0 Å². The average molecular weight is 337 g/mol. The maximum atomic E-state index is 11.0. The molecule has 0 radical (unpaired) electrons. The van der Waals surface area contributed by atoms with Crippen LogP contribution in [-0.2, 0) is 13.0 Å². The van der Waals surface area contributed by atoms with E-state index in [0.717, 1.165) is 5.56 Å². The normalized spacial score (nSPS) is 10.4. The van der Waals surface area contributed by atoms with E-state index in [9.17, 15) is 10.1 Å². The minimum absolute atomic E-state index is 0.0250. The van der Waals surface area contributed by atoms with Crippen molar-refractivity contribution in [2.24, 2.45) is 0 Å². The number of nitro groups is 1. The fraction of sp³-hybridized carbons (Fsp3) is 0.250. The molecular formula is C16H17ClN2O4. The number of anilines is 1. The number of aliphatic hydroxyl groups is 1. The molecule has 122 valence electrons. The van der Waals surface area contributed by atoms with Crippen LogP contribution in [0.25, 0.3) is 0 Å². The van der Waals surface area contributed by atoms with Gasteiger partial charge in [-0.1, -0.05) is 17.7 Å². The van der Waals surface area contributed by atoms with Crippen LogP contribution in [-0.4, -0.2) is 23.7 Å². The summed E-state index contributed by atoms with van der Waals surface area (Å²) < 4.78 is 5.09. The third-order valence-electron chi connectivity index (χ3n) is 3.41. The van der Waals surface area contributed by atoms with Crippen LogP contribution in [0.1, 0.15) is 11.1 Å². The average Bonchev–Trinajstić information content (AvgIpc) is 2.55. The highest BCUT2D eigenvalue weighted by molar-refractivity contribution is 6.31. The van der Waals surface area contributed by atoms with Crippen molar-refractivity contribution in [1.82, 2.24) is 0 Å². The standard InChI is InChI=1S/C16H17ClN2O4/c1-23-13-4-3-12(14(17)9-13)6-7-18-15-8-11(10-20)2-5-16(15)19(21)22/h2-5,8-9,18,20H,6-7,10H2,1H3. The van der Waals surface area contributed by atoms with E-state index in [1.165, 1.54) is 12.1 Å². The summed E-state index contributed by atoms with van der Waals surface area (Å²) in [6.07, 6.45) is 0.601. The van der Waals surface area contributed by atoms with Gasteiger partial charge in [-0.05, 0) is 41.8 Å². The molecule has 0 aliphatic carbocycles. The fourth-order valence-corrected chi connectivity index (χ4v) is 2.44. The van der Waals surface area contributed by atoms with Crippen molar-refractivity contribution >= 4 is 23.0 Å². The summed E-state index contributed by atoms with van der Waals surface area (Å²) in [7, 11) is 1.57. The lowest BCUT2D eigenvalue weighted by atomic mass is 10.1. The number of nitrogens with zero attached hydrogens (tertiary/aromatic N) is 1. The number of benzene rings is 2. The highest BCUT2D eigenvalue weighted by atomic mass is 35.5. The van der Waals surface area contributed by atoms with Crippen LogP contribution in [0, 0.1) is 10.1 Å². The van der Waals surface area contributed by atoms with Gasteiger partial charge in [-0.15, -0.1) is 0 Å². The van der Waals surface area contributed by atoms with Gasteiger partial charge >= 0.3 is 0 Å². The Bertz CT molecular complexity index is 706. The summed E-state index contributed by atoms with van der Waals surface area (Å²) in [5, 5.41) is 23.8. The van der Waals surface area contributed by atoms with Gasteiger partial charge in [0, 0.05) is 17.6 Å². The summed E-state index contributed by atoms with van der Waals surface area (Å²) in [5.74, 6) is 0.679. The van der Waals surface area contributed by atoms with Crippen LogP contribution >= 0.6 is 11.6 Å². The quantitative estimate of drug-likeness (QED) is 0.598. The Morgan fingerprint density at radius 1 is 1.30 bits per heavy atom. The third-order valence-corrected chi connectivity index (χ3v) is 3.76. The maximum Gasteiger partial charge on any atom is 0.292 e. The van der Waals surface area contributed by atoms with Crippen molar-refractivity contribution in [3.05, 3.63) is 62.7 Å². The molecule has 0 heterocycles. The lowest BCUT2D eigenvalue weighted by molar-refractivity contribution is -0.384. The molecule has 23 heavy (non-hydrogen) atoms. The zero-order valence-corrected chi connectivity index (χ0v) is 13.3. The lowest BCUT2D eigenvalue weighted by Gasteiger charge is -2.10. The Hall–Kier alpha value is -2.31. The molecule has 0 aromatic heterocycles. The van der Waals surface area contributed by atoms with Crippen molar-refractivity contribution in [3.8, 4) is 5.75 Å². The number of hydrogen-bond donors (Lipinski definition) is 2. The Morgan fingerprint density at radius 2 is 2.09 bits per heavy atom. The molecule has 0 aliphatic heterocycles. The lowest BCUT2D eigenvalue weighted by Crippen LogP contribution is -2.08. The van der Waals surface area contributed by atoms with E-state index in [2.05, 4.69) is 5.32 Å². The van der Waals surface area contributed by atoms with Crippen LogP contribution in [0.2, 0.25) is 5.02 Å². The fourth-order valence-electron chi connectivity index (χ4n) is 2.17. The molecule has 2 rings (SSSR count). The van der Waals surface area contributed by atoms with E-state index in [1.807, 2.05) is 12.1 Å². The molecule has 2 N–H and O–H groups in total. The Kier molecular flexibility index (Phi) is 5.78. The van der Waals surface area contributed by atoms with E-state index in [4.69, 9.17) is 21.4 Å². The molecule has 2 aromatic rings. The number of rotatable bonds is 7. The van der Waals surface area contributed by atoms with Crippen molar-refractivity contribution < 1.29 is 14.8 Å². The summed E-state index contributed by atoms with van der Waals surface area (Å²) in [5.41, 5.74) is 1.88. The molecule has 0 atom stereocenters. The predicted molar refractivity (Wildman–Crippen MR) is 89.2 cm³/mol. The summed E-state index contributed by atoms with van der Waals surface area (Å²) in [6, 6.07) is 9.90. The van der Waals surface area contributed by atoms with E-state index in [0.29, 0.717) is 35.0 Å². The van der Waals surface area contributed by atoms with Gasteiger partial charge in [0.25, 0.3) is 5.69 Å². The highest BCUT2D eigenvalue weighted by Crippen LogP contribution is 2.26. The highest BCUT2D eigenvalue weighted by Gasteiger charge is 2.14. The monoisotopic (exact) mass is 336 g/mol. The van der Waals surface area contributed by atoms with Gasteiger partial charge in [-0.25, -0.2) is 0 Å². The first kappa shape index (κ1) is 17.1. The van der Waals surface area contributed by atoms with Crippen molar-refractivity contribution in [1.29, 1.82) is 0 Å². The van der Waals surface area contributed by atoms with E-state index in [-0.39, 0.29) is 12.3 Å². The maximum absolute atomic E-state index is 11.0.